The second kappa shape index (κ2) is 7.28. The normalized spacial score (nSPS) is 11.1. The molecule has 3 nitrogen and oxygen atoms in total. The minimum atomic E-state index is 0.693. The summed E-state index contributed by atoms with van der Waals surface area (Å²) >= 11 is 0. The lowest BCUT2D eigenvalue weighted by Crippen LogP contribution is -2.19. The zero-order valence-corrected chi connectivity index (χ0v) is 11.4. The summed E-state index contributed by atoms with van der Waals surface area (Å²) < 4.78 is 2.05. The highest BCUT2D eigenvalue weighted by atomic mass is 15.3. The van der Waals surface area contributed by atoms with Gasteiger partial charge in [-0.1, -0.05) is 19.9 Å². The Kier molecular flexibility index (Phi) is 5.98. The van der Waals surface area contributed by atoms with Gasteiger partial charge in [0, 0.05) is 24.8 Å². The summed E-state index contributed by atoms with van der Waals surface area (Å²) in [6.07, 6.45) is 6.29. The molecule has 17 heavy (non-hydrogen) atoms. The van der Waals surface area contributed by atoms with E-state index < -0.39 is 0 Å². The molecule has 0 saturated carbocycles. The van der Waals surface area contributed by atoms with Gasteiger partial charge in [-0.25, -0.2) is 0 Å². The fraction of sp³-hybridized carbons (Fsp3) is 0.643. The highest BCUT2D eigenvalue weighted by Gasteiger charge is 2.04. The van der Waals surface area contributed by atoms with Crippen LogP contribution < -0.4 is 5.32 Å². The van der Waals surface area contributed by atoms with E-state index in [0.717, 1.165) is 38.2 Å². The first-order valence-corrected chi connectivity index (χ1v) is 6.48. The van der Waals surface area contributed by atoms with Crippen molar-refractivity contribution in [1.82, 2.24) is 15.1 Å². The van der Waals surface area contributed by atoms with Crippen molar-refractivity contribution < 1.29 is 0 Å². The largest absolute Gasteiger partial charge is 0.312 e. The molecule has 0 fully saturated rings. The molecule has 0 atom stereocenters. The van der Waals surface area contributed by atoms with Crippen molar-refractivity contribution in [3.8, 4) is 0 Å². The molecule has 0 aliphatic heterocycles. The number of aryl methyl sites for hydroxylation is 2. The quantitative estimate of drug-likeness (QED) is 0.554. The molecule has 0 radical (unpaired) electrons. The predicted molar refractivity (Wildman–Crippen MR) is 72.9 cm³/mol. The SMILES string of the molecule is C=CCCCn1cc(CNCC(C)C)c(C)n1. The van der Waals surface area contributed by atoms with Crippen LogP contribution in [0.3, 0.4) is 0 Å². The Hall–Kier alpha value is -1.09. The van der Waals surface area contributed by atoms with E-state index in [1.807, 2.05) is 10.8 Å². The van der Waals surface area contributed by atoms with Gasteiger partial charge in [0.2, 0.25) is 0 Å². The van der Waals surface area contributed by atoms with E-state index in [4.69, 9.17) is 0 Å². The number of hydrogen-bond donors (Lipinski definition) is 1. The number of nitrogens with zero attached hydrogens (tertiary/aromatic N) is 2. The molecule has 1 heterocycles. The molecule has 1 aromatic heterocycles. The van der Waals surface area contributed by atoms with Crippen molar-refractivity contribution >= 4 is 0 Å². The van der Waals surface area contributed by atoms with E-state index in [0.29, 0.717) is 5.92 Å². The van der Waals surface area contributed by atoms with Crippen molar-refractivity contribution in [1.29, 1.82) is 0 Å². The molecule has 1 N–H and O–H groups in total. The molecule has 0 amide bonds. The highest BCUT2D eigenvalue weighted by molar-refractivity contribution is 5.15. The second-order valence-corrected chi connectivity index (χ2v) is 4.96. The maximum absolute atomic E-state index is 4.52. The Morgan fingerprint density at radius 1 is 1.53 bits per heavy atom. The van der Waals surface area contributed by atoms with Crippen LogP contribution in [0.5, 0.6) is 0 Å². The third kappa shape index (κ3) is 5.18. The average Bonchev–Trinajstić information content (AvgIpc) is 2.60. The molecule has 0 bridgehead atoms. The van der Waals surface area contributed by atoms with Crippen LogP contribution >= 0.6 is 0 Å². The topological polar surface area (TPSA) is 29.9 Å². The molecular formula is C14H25N3. The summed E-state index contributed by atoms with van der Waals surface area (Å²) in [4.78, 5) is 0. The number of allylic oxidation sites excluding steroid dienone is 1. The summed E-state index contributed by atoms with van der Waals surface area (Å²) in [6, 6.07) is 0. The summed E-state index contributed by atoms with van der Waals surface area (Å²) in [7, 11) is 0. The van der Waals surface area contributed by atoms with E-state index in [9.17, 15) is 0 Å². The molecule has 0 unspecified atom stereocenters. The highest BCUT2D eigenvalue weighted by Crippen LogP contribution is 2.06. The van der Waals surface area contributed by atoms with Gasteiger partial charge < -0.3 is 5.32 Å². The van der Waals surface area contributed by atoms with Crippen LogP contribution in [0.2, 0.25) is 0 Å². The Morgan fingerprint density at radius 2 is 2.29 bits per heavy atom. The Labute approximate surface area is 105 Å². The van der Waals surface area contributed by atoms with Gasteiger partial charge >= 0.3 is 0 Å². The lowest BCUT2D eigenvalue weighted by Gasteiger charge is -2.05. The van der Waals surface area contributed by atoms with E-state index in [2.05, 4.69) is 44.0 Å². The first-order chi connectivity index (χ1) is 8.13. The molecular weight excluding hydrogens is 210 g/mol. The van der Waals surface area contributed by atoms with E-state index in [-0.39, 0.29) is 0 Å². The molecule has 96 valence electrons. The van der Waals surface area contributed by atoms with Crippen LogP contribution in [0.4, 0.5) is 0 Å². The molecule has 0 saturated heterocycles. The van der Waals surface area contributed by atoms with E-state index >= 15 is 0 Å². The van der Waals surface area contributed by atoms with Crippen LogP contribution in [0.1, 0.15) is 37.9 Å². The van der Waals surface area contributed by atoms with E-state index in [1.54, 1.807) is 0 Å². The van der Waals surface area contributed by atoms with Crippen molar-refractivity contribution in [3.63, 3.8) is 0 Å². The molecule has 1 rings (SSSR count). The molecule has 1 aromatic rings. The second-order valence-electron chi connectivity index (χ2n) is 4.96. The monoisotopic (exact) mass is 235 g/mol. The molecule has 0 aromatic carbocycles. The fourth-order valence-corrected chi connectivity index (χ4v) is 1.74. The summed E-state index contributed by atoms with van der Waals surface area (Å²) in [5, 5.41) is 7.98. The van der Waals surface area contributed by atoms with Crippen LogP contribution in [-0.4, -0.2) is 16.3 Å². The van der Waals surface area contributed by atoms with Gasteiger partial charge in [0.15, 0.2) is 0 Å². The maximum Gasteiger partial charge on any atom is 0.0638 e. The van der Waals surface area contributed by atoms with Gasteiger partial charge in [-0.15, -0.1) is 6.58 Å². The minimum Gasteiger partial charge on any atom is -0.312 e. The first kappa shape index (κ1) is 14.0. The van der Waals surface area contributed by atoms with E-state index in [1.165, 1.54) is 5.56 Å². The minimum absolute atomic E-state index is 0.693. The third-order valence-corrected chi connectivity index (χ3v) is 2.71. The molecule has 0 aliphatic carbocycles. The Morgan fingerprint density at radius 3 is 2.94 bits per heavy atom. The summed E-state index contributed by atoms with van der Waals surface area (Å²) in [6.45, 7) is 13.2. The van der Waals surface area contributed by atoms with Crippen LogP contribution in [-0.2, 0) is 13.1 Å². The van der Waals surface area contributed by atoms with Crippen LogP contribution in [0.25, 0.3) is 0 Å². The number of nitrogens with one attached hydrogen (secondary N) is 1. The zero-order valence-electron chi connectivity index (χ0n) is 11.4. The van der Waals surface area contributed by atoms with Crippen molar-refractivity contribution in [2.24, 2.45) is 5.92 Å². The number of unbranched alkanes of at least 4 members (excludes halogenated alkanes) is 1. The van der Waals surface area contributed by atoms with Crippen molar-refractivity contribution in [3.05, 3.63) is 30.1 Å². The average molecular weight is 235 g/mol. The maximum atomic E-state index is 4.52. The Balaban J connectivity index is 2.41. The summed E-state index contributed by atoms with van der Waals surface area (Å²) in [5.41, 5.74) is 2.45. The third-order valence-electron chi connectivity index (χ3n) is 2.71. The summed E-state index contributed by atoms with van der Waals surface area (Å²) in [5.74, 6) is 0.693. The number of aromatic nitrogens is 2. The van der Waals surface area contributed by atoms with Gasteiger partial charge in [0.05, 0.1) is 5.69 Å². The van der Waals surface area contributed by atoms with Crippen LogP contribution in [0, 0.1) is 12.8 Å². The van der Waals surface area contributed by atoms with Gasteiger partial charge in [-0.2, -0.15) is 5.10 Å². The van der Waals surface area contributed by atoms with Gasteiger partial charge in [-0.05, 0) is 32.2 Å². The lowest BCUT2D eigenvalue weighted by molar-refractivity contribution is 0.550. The Bertz CT molecular complexity index is 339. The van der Waals surface area contributed by atoms with Crippen molar-refractivity contribution in [2.45, 2.75) is 46.7 Å². The predicted octanol–water partition coefficient (Wildman–Crippen LogP) is 2.90. The lowest BCUT2D eigenvalue weighted by atomic mass is 10.2. The van der Waals surface area contributed by atoms with Gasteiger partial charge in [-0.3, -0.25) is 4.68 Å². The zero-order chi connectivity index (χ0) is 12.7. The first-order valence-electron chi connectivity index (χ1n) is 6.48. The van der Waals surface area contributed by atoms with Crippen LogP contribution in [0.15, 0.2) is 18.9 Å². The fourth-order valence-electron chi connectivity index (χ4n) is 1.74. The number of rotatable bonds is 8. The molecule has 0 spiro atoms. The van der Waals surface area contributed by atoms with Gasteiger partial charge in [0.1, 0.15) is 0 Å². The number of hydrogen-bond acceptors (Lipinski definition) is 2. The van der Waals surface area contributed by atoms with Crippen molar-refractivity contribution in [2.75, 3.05) is 6.54 Å². The van der Waals surface area contributed by atoms with Gasteiger partial charge in [0.25, 0.3) is 0 Å². The molecule has 3 heteroatoms. The molecule has 0 aliphatic rings. The smallest absolute Gasteiger partial charge is 0.0638 e. The standard InChI is InChI=1S/C14H25N3/c1-5-6-7-8-17-11-14(13(4)16-17)10-15-9-12(2)3/h5,11-12,15H,1,6-10H2,2-4H3.